The quantitative estimate of drug-likeness (QED) is 0.511. The fourth-order valence-electron chi connectivity index (χ4n) is 2.23. The molecule has 0 spiro atoms. The molecular weight excluding hydrogens is 366 g/mol. The number of carbonyl (C=O) groups excluding carboxylic acids is 2. The molecule has 9 heteroatoms. The second-order valence-corrected chi connectivity index (χ2v) is 6.59. The maximum Gasteiger partial charge on any atom is 0.266 e. The van der Waals surface area contributed by atoms with Crippen molar-refractivity contribution < 1.29 is 28.9 Å². The van der Waals surface area contributed by atoms with Crippen molar-refractivity contribution in [3.8, 4) is 17.2 Å². The normalized spacial score (nSPS) is 15.6. The first kappa shape index (κ1) is 19.1. The molecule has 1 amide bonds. The van der Waals surface area contributed by atoms with E-state index in [4.69, 9.17) is 26.4 Å². The zero-order chi connectivity index (χ0) is 18.6. The van der Waals surface area contributed by atoms with Crippen LogP contribution < -0.4 is 19.3 Å². The highest BCUT2D eigenvalue weighted by atomic mass is 32.2. The molecule has 0 atom stereocenters. The van der Waals surface area contributed by atoms with Gasteiger partial charge in [-0.05, 0) is 23.8 Å². The van der Waals surface area contributed by atoms with Gasteiger partial charge < -0.3 is 24.1 Å². The summed E-state index contributed by atoms with van der Waals surface area (Å²) in [6.07, 6.45) is 1.37. The average Bonchev–Trinajstić information content (AvgIpc) is 2.85. The third-order valence-electron chi connectivity index (χ3n) is 3.40. The van der Waals surface area contributed by atoms with Crippen molar-refractivity contribution in [2.75, 3.05) is 27.9 Å². The number of aliphatic carboxylic acids is 1. The lowest BCUT2D eigenvalue weighted by molar-refractivity contribution is -0.305. The van der Waals surface area contributed by atoms with Crippen LogP contribution in [0.2, 0.25) is 0 Å². The van der Waals surface area contributed by atoms with Gasteiger partial charge >= 0.3 is 0 Å². The molecule has 1 fully saturated rings. The molecule has 1 saturated heterocycles. The van der Waals surface area contributed by atoms with Crippen LogP contribution in [0.1, 0.15) is 12.0 Å². The van der Waals surface area contributed by atoms with E-state index < -0.39 is 5.97 Å². The van der Waals surface area contributed by atoms with E-state index in [9.17, 15) is 14.7 Å². The van der Waals surface area contributed by atoms with Gasteiger partial charge in [0.05, 0.1) is 26.2 Å². The molecular formula is C16H16NO6S2-. The number of benzene rings is 1. The number of thioether (sulfide) groups is 1. The van der Waals surface area contributed by atoms with E-state index in [0.717, 1.165) is 11.8 Å². The Kier molecular flexibility index (Phi) is 6.27. The number of thiocarbonyl (C=S) groups is 1. The van der Waals surface area contributed by atoms with E-state index in [0.29, 0.717) is 32.0 Å². The monoisotopic (exact) mass is 382 g/mol. The maximum absolute atomic E-state index is 12.4. The molecule has 0 N–H and O–H groups in total. The van der Waals surface area contributed by atoms with Gasteiger partial charge in [0.2, 0.25) is 5.75 Å². The van der Waals surface area contributed by atoms with Gasteiger partial charge in [0.25, 0.3) is 5.91 Å². The molecule has 0 aliphatic carbocycles. The van der Waals surface area contributed by atoms with Crippen LogP contribution in [-0.4, -0.2) is 49.0 Å². The Balaban J connectivity index is 2.32. The van der Waals surface area contributed by atoms with Gasteiger partial charge in [0.1, 0.15) is 4.32 Å². The van der Waals surface area contributed by atoms with E-state index in [1.54, 1.807) is 18.2 Å². The van der Waals surface area contributed by atoms with Gasteiger partial charge in [0, 0.05) is 18.9 Å². The lowest BCUT2D eigenvalue weighted by atomic mass is 10.1. The fourth-order valence-corrected chi connectivity index (χ4v) is 3.54. The summed E-state index contributed by atoms with van der Waals surface area (Å²) in [6.45, 7) is -0.0143. The number of hydrogen-bond acceptors (Lipinski definition) is 8. The lowest BCUT2D eigenvalue weighted by Crippen LogP contribution is -2.33. The highest BCUT2D eigenvalue weighted by molar-refractivity contribution is 8.26. The summed E-state index contributed by atoms with van der Waals surface area (Å²) in [5.41, 5.74) is 0.662. The first-order valence-electron chi connectivity index (χ1n) is 7.16. The molecule has 25 heavy (non-hydrogen) atoms. The topological polar surface area (TPSA) is 88.1 Å². The van der Waals surface area contributed by atoms with Crippen molar-refractivity contribution in [2.45, 2.75) is 6.42 Å². The van der Waals surface area contributed by atoms with Crippen LogP contribution in [0.3, 0.4) is 0 Å². The van der Waals surface area contributed by atoms with Crippen LogP contribution in [0.15, 0.2) is 17.0 Å². The first-order chi connectivity index (χ1) is 11.9. The molecule has 1 aliphatic rings. The number of nitrogens with zero attached hydrogens (tertiary/aromatic N) is 1. The van der Waals surface area contributed by atoms with Crippen LogP contribution in [0.4, 0.5) is 0 Å². The van der Waals surface area contributed by atoms with Gasteiger partial charge in [-0.1, -0.05) is 24.0 Å². The number of rotatable bonds is 7. The van der Waals surface area contributed by atoms with E-state index in [1.165, 1.54) is 26.2 Å². The summed E-state index contributed by atoms with van der Waals surface area (Å²) in [6, 6.07) is 3.41. The van der Waals surface area contributed by atoms with E-state index >= 15 is 0 Å². The van der Waals surface area contributed by atoms with Crippen molar-refractivity contribution in [1.29, 1.82) is 0 Å². The highest BCUT2D eigenvalue weighted by Crippen LogP contribution is 2.40. The Morgan fingerprint density at radius 3 is 2.32 bits per heavy atom. The minimum atomic E-state index is -1.23. The van der Waals surface area contributed by atoms with E-state index in [2.05, 4.69) is 0 Å². The predicted octanol–water partition coefficient (Wildman–Crippen LogP) is 1.05. The average molecular weight is 382 g/mol. The Morgan fingerprint density at radius 1 is 1.24 bits per heavy atom. The van der Waals surface area contributed by atoms with Crippen molar-refractivity contribution in [3.63, 3.8) is 0 Å². The number of hydrogen-bond donors (Lipinski definition) is 0. The van der Waals surface area contributed by atoms with Gasteiger partial charge in [-0.25, -0.2) is 0 Å². The lowest BCUT2D eigenvalue weighted by Gasteiger charge is -2.14. The Bertz CT molecular complexity index is 721. The molecule has 2 rings (SSSR count). The number of ether oxygens (including phenoxy) is 3. The van der Waals surface area contributed by atoms with Crippen molar-refractivity contribution in [2.24, 2.45) is 0 Å². The maximum atomic E-state index is 12.4. The summed E-state index contributed by atoms with van der Waals surface area (Å²) < 4.78 is 16.1. The third-order valence-corrected chi connectivity index (χ3v) is 4.78. The van der Waals surface area contributed by atoms with Gasteiger partial charge in [-0.3, -0.25) is 9.69 Å². The summed E-state index contributed by atoms with van der Waals surface area (Å²) >= 11 is 6.25. The summed E-state index contributed by atoms with van der Waals surface area (Å²) in [4.78, 5) is 24.6. The van der Waals surface area contributed by atoms with E-state index in [1.807, 2.05) is 0 Å². The van der Waals surface area contributed by atoms with Crippen LogP contribution in [-0.2, 0) is 9.59 Å². The van der Waals surface area contributed by atoms with Crippen LogP contribution in [0.5, 0.6) is 17.2 Å². The zero-order valence-corrected chi connectivity index (χ0v) is 15.5. The molecule has 1 aromatic rings. The minimum Gasteiger partial charge on any atom is -0.550 e. The highest BCUT2D eigenvalue weighted by Gasteiger charge is 2.31. The second-order valence-electron chi connectivity index (χ2n) is 4.91. The van der Waals surface area contributed by atoms with Crippen molar-refractivity contribution in [3.05, 3.63) is 22.6 Å². The fraction of sp³-hybridized carbons (Fsp3) is 0.312. The number of carboxylic acid groups (broad SMARTS) is 1. The molecule has 1 aliphatic heterocycles. The zero-order valence-electron chi connectivity index (χ0n) is 13.9. The van der Waals surface area contributed by atoms with Crippen molar-refractivity contribution >= 4 is 46.3 Å². The number of carbonyl (C=O) groups is 2. The molecule has 0 radical (unpaired) electrons. The molecule has 0 aromatic heterocycles. The molecule has 1 aromatic carbocycles. The largest absolute Gasteiger partial charge is 0.550 e. The molecule has 0 unspecified atom stereocenters. The first-order valence-corrected chi connectivity index (χ1v) is 8.39. The molecule has 1 heterocycles. The number of methoxy groups -OCH3 is 3. The third kappa shape index (κ3) is 4.23. The summed E-state index contributed by atoms with van der Waals surface area (Å²) in [5.74, 6) is -0.211. The van der Waals surface area contributed by atoms with Gasteiger partial charge in [-0.2, -0.15) is 0 Å². The molecule has 134 valence electrons. The Labute approximate surface area is 154 Å². The smallest absolute Gasteiger partial charge is 0.266 e. The second kappa shape index (κ2) is 8.21. The summed E-state index contributed by atoms with van der Waals surface area (Å²) in [5, 5.41) is 10.6. The summed E-state index contributed by atoms with van der Waals surface area (Å²) in [7, 11) is 4.50. The van der Waals surface area contributed by atoms with Gasteiger partial charge in [-0.15, -0.1) is 0 Å². The SMILES string of the molecule is COc1cc(C=C2SC(=S)N(CCC(=O)[O-])C2=O)cc(OC)c1OC. The minimum absolute atomic E-state index is 0.0143. The predicted molar refractivity (Wildman–Crippen MR) is 95.6 cm³/mol. The molecule has 0 bridgehead atoms. The van der Waals surface area contributed by atoms with Crippen molar-refractivity contribution in [1.82, 2.24) is 4.90 Å². The van der Waals surface area contributed by atoms with Crippen LogP contribution in [0, 0.1) is 0 Å². The molecule has 0 saturated carbocycles. The van der Waals surface area contributed by atoms with Gasteiger partial charge in [0.15, 0.2) is 11.5 Å². The van der Waals surface area contributed by atoms with Crippen LogP contribution >= 0.6 is 24.0 Å². The Hall–Kier alpha value is -2.26. The standard InChI is InChI=1S/C16H17NO6S2/c1-21-10-6-9(7-11(22-2)14(10)23-3)8-12-15(20)17(16(24)25-12)5-4-13(18)19/h6-8H,4-5H2,1-3H3,(H,18,19)/p-1. The number of amides is 1. The number of carboxylic acids is 1. The Morgan fingerprint density at radius 2 is 1.84 bits per heavy atom. The van der Waals surface area contributed by atoms with Crippen LogP contribution in [0.25, 0.3) is 6.08 Å². The van der Waals surface area contributed by atoms with E-state index in [-0.39, 0.29) is 18.9 Å². The molecule has 7 nitrogen and oxygen atoms in total.